The Bertz CT molecular complexity index is 4480. The van der Waals surface area contributed by atoms with Gasteiger partial charge in [0, 0.05) is 96.4 Å². The van der Waals surface area contributed by atoms with E-state index >= 15 is 0 Å². The van der Waals surface area contributed by atoms with Crippen LogP contribution in [-0.4, -0.2) is 17.2 Å². The average Bonchev–Trinajstić information content (AvgIpc) is 0.847. The Labute approximate surface area is 979 Å². The molecule has 0 aliphatic rings. The summed E-state index contributed by atoms with van der Waals surface area (Å²) in [6, 6.07) is 194. The monoisotopic (exact) mass is 2460 g/mol. The van der Waals surface area contributed by atoms with Crippen molar-refractivity contribution in [3.63, 3.8) is 0 Å². The van der Waals surface area contributed by atoms with Gasteiger partial charge in [-0.1, -0.05) is 664 Å². The molecule has 18 rings (SSSR count). The van der Waals surface area contributed by atoms with Crippen LogP contribution in [0.4, 0.5) is 0 Å². The molecule has 0 saturated heterocycles. The molecule has 0 amide bonds. The van der Waals surface area contributed by atoms with Crippen LogP contribution in [0.2, 0.25) is 6.82 Å². The molecule has 0 aliphatic carbocycles. The van der Waals surface area contributed by atoms with Gasteiger partial charge in [0.2, 0.25) is 0 Å². The van der Waals surface area contributed by atoms with E-state index in [1.165, 1.54) is 102 Å². The van der Waals surface area contributed by atoms with Crippen LogP contribution in [0.5, 0.6) is 0 Å². The second-order valence-corrected chi connectivity index (χ2v) is 44.9. The second-order valence-electron chi connectivity index (χ2n) is 27.5. The van der Waals surface area contributed by atoms with Gasteiger partial charge in [-0.3, -0.25) is 0 Å². The molecule has 0 aromatic heterocycles. The Balaban J connectivity index is -0.000000388. The molecule has 0 aliphatic heterocycles. The van der Waals surface area contributed by atoms with Crippen molar-refractivity contribution >= 4 is 259 Å². The first kappa shape index (κ1) is 152. The van der Waals surface area contributed by atoms with E-state index in [0.29, 0.717) is 0 Å². The molecule has 2 nitrogen and oxygen atoms in total. The van der Waals surface area contributed by atoms with Gasteiger partial charge in [0.25, 0.3) is 0 Å². The van der Waals surface area contributed by atoms with Crippen molar-refractivity contribution < 1.29 is 46.4 Å². The molecule has 0 heterocycles. The van der Waals surface area contributed by atoms with Crippen LogP contribution in [-0.2, 0) is 112 Å². The zero-order chi connectivity index (χ0) is 104. The largest absolute Gasteiger partial charge is 0.0622 e. The van der Waals surface area contributed by atoms with Crippen LogP contribution in [0, 0.1) is 0 Å². The minimum Gasteiger partial charge on any atom is -0.0622 e. The summed E-state index contributed by atoms with van der Waals surface area (Å²) in [4.78, 5) is 0. The molecule has 0 bridgehead atoms. The molecule has 0 radical (unpaired) electrons. The van der Waals surface area contributed by atoms with E-state index in [1.54, 1.807) is 0 Å². The first-order chi connectivity index (χ1) is 70.2. The molecule has 0 atom stereocenters. The third-order valence-electron chi connectivity index (χ3n) is 18.6. The van der Waals surface area contributed by atoms with Gasteiger partial charge < -0.3 is 10.0 Å². The Kier molecular flexibility index (Phi) is 106. The van der Waals surface area contributed by atoms with Gasteiger partial charge in [0.15, 0.2) is 0 Å². The zero-order valence-corrected chi connectivity index (χ0v) is 101. The fourth-order valence-corrected chi connectivity index (χ4v) is 26.9. The van der Waals surface area contributed by atoms with E-state index in [9.17, 15) is 0 Å². The molecule has 21 heteroatoms. The third-order valence-corrected chi connectivity index (χ3v) is 33.3. The van der Waals surface area contributed by atoms with Gasteiger partial charge in [0.1, 0.15) is 0 Å². The number of allylic oxidation sites excluding steroid dienone is 2. The number of hydrogen-bond acceptors (Lipinski definition) is 8. The zero-order valence-electron chi connectivity index (χ0n) is 84.0. The van der Waals surface area contributed by atoms with E-state index in [1.807, 2.05) is 95.2 Å². The maximum Gasteiger partial charge on any atom is 0 e. The van der Waals surface area contributed by atoms with Crippen LogP contribution in [0.25, 0.3) is 0 Å². The van der Waals surface area contributed by atoms with Crippen molar-refractivity contribution in [3.05, 3.63) is 558 Å². The molecule has 18 aromatic rings. The predicted octanol–water partition coefficient (Wildman–Crippen LogP) is 31.1. The summed E-state index contributed by atoms with van der Waals surface area (Å²) < 4.78 is 0. The van der Waals surface area contributed by atoms with Crippen molar-refractivity contribution in [3.8, 4) is 0 Å². The minimum atomic E-state index is -1.17. The molecule has 2 N–H and O–H groups in total. The predicted molar refractivity (Wildman–Crippen MR) is 711 cm³/mol. The van der Waals surface area contributed by atoms with Crippen molar-refractivity contribution in [2.45, 2.75) is 127 Å². The molecule has 0 saturated carbocycles. The summed E-state index contributed by atoms with van der Waals surface area (Å²) >= 11 is 22.8. The maximum atomic E-state index is 7.61. The topological polar surface area (TPSA) is 40.5 Å². The first-order valence-electron chi connectivity index (χ1n) is 46.9. The Hall–Kier alpha value is -7.94. The average molecular weight is 2460 g/mol. The SMILES string of the molecule is C.C.C.C.C.CB(O)O.CC.CC.CC.CC.CC.CC=CC.S.S=S.S=S.S=S=S.[Cl][Pd][Cl].[Pd].c1ccc(P(c2ccccc2)c2ccccc2)cc1.c1ccc(P(c2ccccc2)c2ccccc2)cc1.c1ccc(P(c2ccccc2)c2ccccc2)cc1.c1ccc(P(c2ccccc2)c2ccccc2)cc1.c1ccc(P(c2ccccc2)c2ccccc2)cc1.c1ccc(P(c2ccccc2)c2ccccc2)cc1. The summed E-state index contributed by atoms with van der Waals surface area (Å²) in [5.74, 6) is 0. The van der Waals surface area contributed by atoms with Gasteiger partial charge in [0.05, 0.1) is 0 Å². The summed E-state index contributed by atoms with van der Waals surface area (Å²) in [6.07, 6.45) is 4.00. The molecular formula is C128H155BCl2O2P6Pd2S8. The van der Waals surface area contributed by atoms with E-state index in [4.69, 9.17) is 29.1 Å². The molecule has 794 valence electrons. The summed E-state index contributed by atoms with van der Waals surface area (Å²) in [6.45, 7) is 25.3. The smallest absolute Gasteiger partial charge is 0 e. The van der Waals surface area contributed by atoms with E-state index in [0.717, 1.165) is 8.88 Å². The summed E-state index contributed by atoms with van der Waals surface area (Å²) in [5.41, 5.74) is 0. The Morgan fingerprint density at radius 1 is 0.195 bits per heavy atom. The van der Waals surface area contributed by atoms with Gasteiger partial charge in [-0.25, -0.2) is 0 Å². The fraction of sp³-hybridized carbons (Fsp3) is 0.141. The van der Waals surface area contributed by atoms with Crippen LogP contribution in [0.3, 0.4) is 0 Å². The van der Waals surface area contributed by atoms with Gasteiger partial charge >= 0.3 is 42.1 Å². The van der Waals surface area contributed by atoms with Crippen molar-refractivity contribution in [1.82, 2.24) is 0 Å². The Morgan fingerprint density at radius 2 is 0.235 bits per heavy atom. The van der Waals surface area contributed by atoms with Gasteiger partial charge in [-0.15, -0.1) is 0 Å². The standard InChI is InChI=1S/6C18H15P.C4H8.5C2H6.CH5BO2.5CH4.2ClH.2Pd.S3.2S2.H2S/c6*1-4-10-16(11-5-1)19(17-12-6-2-7-13-17)18-14-8-3-9-15-18;1-3-4-2;5*1-2;1-2(3)4;;;;;;;;;;1-3-2;2*1-2;/h6*1-15H;3-4H,1-2H3;5*1-2H3;3-4H,1H3;5*1H4;2*1H;;;;;;1H2/q;;;;;;;;;;;;;;;;;;;;;+2;;;;/p-2. The molecule has 18 aromatic carbocycles. The molecule has 0 unspecified atom stereocenters. The van der Waals surface area contributed by atoms with Crippen LogP contribution < -0.4 is 95.5 Å². The molecule has 0 spiro atoms. The quantitative estimate of drug-likeness (QED) is 0.0500. The van der Waals surface area contributed by atoms with Gasteiger partial charge in [-0.05, 0) is 164 Å². The van der Waals surface area contributed by atoms with Crippen molar-refractivity contribution in [2.24, 2.45) is 0 Å². The maximum absolute atomic E-state index is 7.61. The van der Waals surface area contributed by atoms with Crippen LogP contribution in [0.15, 0.2) is 558 Å². The Morgan fingerprint density at radius 3 is 0.268 bits per heavy atom. The third kappa shape index (κ3) is 61.1. The van der Waals surface area contributed by atoms with Crippen molar-refractivity contribution in [1.29, 1.82) is 0 Å². The van der Waals surface area contributed by atoms with E-state index in [-0.39, 0.29) is 87.0 Å². The fourth-order valence-electron chi connectivity index (χ4n) is 13.1. The number of rotatable bonds is 18. The number of halogens is 2. The van der Waals surface area contributed by atoms with Gasteiger partial charge in [-0.2, -0.15) is 13.5 Å². The number of hydrogen-bond donors (Lipinski definition) is 2. The molecule has 0 fully saturated rings. The van der Waals surface area contributed by atoms with E-state index in [2.05, 4.69) is 613 Å². The van der Waals surface area contributed by atoms with E-state index < -0.39 is 54.6 Å². The van der Waals surface area contributed by atoms with Crippen LogP contribution >= 0.6 is 80.1 Å². The summed E-state index contributed by atoms with van der Waals surface area (Å²) in [7, 11) is 6.70. The normalized spacial score (nSPS) is 9.01. The molecular weight excluding hydrogens is 2310 g/mol. The van der Waals surface area contributed by atoms with Crippen molar-refractivity contribution in [2.75, 3.05) is 0 Å². The number of benzene rings is 18. The second kappa shape index (κ2) is 104. The molecule has 149 heavy (non-hydrogen) atoms. The summed E-state index contributed by atoms with van der Waals surface area (Å²) in [5, 5.41) is 40.4. The van der Waals surface area contributed by atoms with Crippen LogP contribution in [0.1, 0.15) is 120 Å². The first-order valence-corrected chi connectivity index (χ1v) is 64.3. The minimum absolute atomic E-state index is 0.